The molecule has 7 heteroatoms. The molecule has 0 aliphatic carbocycles. The molecule has 2 heterocycles. The molecule has 0 spiro atoms. The average Bonchev–Trinajstić information content (AvgIpc) is 3.35. The van der Waals surface area contributed by atoms with Gasteiger partial charge in [0, 0.05) is 18.8 Å². The van der Waals surface area contributed by atoms with Gasteiger partial charge in [-0.2, -0.15) is 0 Å². The van der Waals surface area contributed by atoms with E-state index < -0.39 is 12.1 Å². The number of carbonyl (C=O) groups excluding carboxylic acids is 1. The maximum absolute atomic E-state index is 12.4. The first-order chi connectivity index (χ1) is 12.6. The number of esters is 1. The first kappa shape index (κ1) is 18.1. The fourth-order valence-electron chi connectivity index (χ4n) is 2.57. The molecular formula is C19H21N3O3S. The number of nitrogens with zero attached hydrogens (tertiary/aromatic N) is 3. The van der Waals surface area contributed by atoms with Gasteiger partial charge >= 0.3 is 5.97 Å². The Morgan fingerprint density at radius 3 is 2.54 bits per heavy atom. The number of hydrogen-bond donors (Lipinski definition) is 0. The smallest absolute Gasteiger partial charge is 0.338 e. The third kappa shape index (κ3) is 3.94. The zero-order valence-corrected chi connectivity index (χ0v) is 15.8. The van der Waals surface area contributed by atoms with Crippen LogP contribution in [0.4, 0.5) is 5.69 Å². The zero-order valence-electron chi connectivity index (χ0n) is 15.0. The molecule has 0 bridgehead atoms. The molecule has 3 aromatic rings. The van der Waals surface area contributed by atoms with Crippen molar-refractivity contribution in [2.75, 3.05) is 18.0 Å². The molecule has 26 heavy (non-hydrogen) atoms. The molecule has 0 fully saturated rings. The summed E-state index contributed by atoms with van der Waals surface area (Å²) in [5.41, 5.74) is 1.57. The van der Waals surface area contributed by atoms with Crippen LogP contribution in [0, 0.1) is 0 Å². The van der Waals surface area contributed by atoms with E-state index in [2.05, 4.69) is 28.9 Å². The highest BCUT2D eigenvalue weighted by molar-refractivity contribution is 7.13. The van der Waals surface area contributed by atoms with Gasteiger partial charge in [0.2, 0.25) is 0 Å². The molecule has 0 amide bonds. The Morgan fingerprint density at radius 1 is 1.19 bits per heavy atom. The molecule has 6 nitrogen and oxygen atoms in total. The third-order valence-electron chi connectivity index (χ3n) is 4.04. The lowest BCUT2D eigenvalue weighted by Crippen LogP contribution is -2.21. The van der Waals surface area contributed by atoms with Crippen molar-refractivity contribution in [3.8, 4) is 10.8 Å². The van der Waals surface area contributed by atoms with E-state index in [9.17, 15) is 4.79 Å². The van der Waals surface area contributed by atoms with Gasteiger partial charge in [-0.3, -0.25) is 0 Å². The summed E-state index contributed by atoms with van der Waals surface area (Å²) in [7, 11) is 0. The standard InChI is InChI=1S/C19H21N3O3S/c1-4-22(5-2)15-10-8-14(9-11-15)19(23)24-13(3)17-20-21-18(25-17)16-7-6-12-26-16/h6-13H,4-5H2,1-3H3/t13-/m0/s1. The largest absolute Gasteiger partial charge is 0.449 e. The van der Waals surface area contributed by atoms with Gasteiger partial charge in [0.15, 0.2) is 6.10 Å². The number of benzene rings is 1. The summed E-state index contributed by atoms with van der Waals surface area (Å²) in [5.74, 6) is 0.294. The molecule has 0 saturated carbocycles. The predicted octanol–water partition coefficient (Wildman–Crippen LogP) is 4.56. The van der Waals surface area contributed by atoms with Crippen molar-refractivity contribution >= 4 is 23.0 Å². The van der Waals surface area contributed by atoms with Crippen molar-refractivity contribution in [3.05, 3.63) is 53.2 Å². The van der Waals surface area contributed by atoms with Crippen molar-refractivity contribution in [1.82, 2.24) is 10.2 Å². The Balaban J connectivity index is 1.66. The topological polar surface area (TPSA) is 68.5 Å². The van der Waals surface area contributed by atoms with E-state index in [0.29, 0.717) is 11.5 Å². The molecular weight excluding hydrogens is 350 g/mol. The van der Waals surface area contributed by atoms with Crippen molar-refractivity contribution in [2.45, 2.75) is 26.9 Å². The van der Waals surface area contributed by atoms with Gasteiger partial charge in [-0.25, -0.2) is 4.79 Å². The van der Waals surface area contributed by atoms with Crippen LogP contribution < -0.4 is 4.90 Å². The number of thiophene rings is 1. The van der Waals surface area contributed by atoms with Gasteiger partial charge in [0.05, 0.1) is 10.4 Å². The fourth-order valence-corrected chi connectivity index (χ4v) is 3.22. The number of aromatic nitrogens is 2. The zero-order chi connectivity index (χ0) is 18.5. The Bertz CT molecular complexity index is 839. The van der Waals surface area contributed by atoms with Gasteiger partial charge in [-0.1, -0.05) is 6.07 Å². The minimum absolute atomic E-state index is 0.279. The highest BCUT2D eigenvalue weighted by Gasteiger charge is 2.20. The van der Waals surface area contributed by atoms with Crippen LogP contribution in [0.1, 0.15) is 43.1 Å². The van der Waals surface area contributed by atoms with Crippen molar-refractivity contribution in [1.29, 1.82) is 0 Å². The summed E-state index contributed by atoms with van der Waals surface area (Å²) in [4.78, 5) is 15.5. The lowest BCUT2D eigenvalue weighted by molar-refractivity contribution is 0.0280. The predicted molar refractivity (Wildman–Crippen MR) is 101 cm³/mol. The van der Waals surface area contributed by atoms with Crippen LogP contribution in [-0.2, 0) is 4.74 Å². The summed E-state index contributed by atoms with van der Waals surface area (Å²) in [6, 6.07) is 11.2. The van der Waals surface area contributed by atoms with E-state index in [4.69, 9.17) is 9.15 Å². The molecule has 3 rings (SSSR count). The summed E-state index contributed by atoms with van der Waals surface area (Å²) < 4.78 is 11.1. The lowest BCUT2D eigenvalue weighted by atomic mass is 10.2. The van der Waals surface area contributed by atoms with E-state index in [1.807, 2.05) is 29.6 Å². The quantitative estimate of drug-likeness (QED) is 0.567. The molecule has 0 N–H and O–H groups in total. The second-order valence-corrected chi connectivity index (χ2v) is 6.64. The summed E-state index contributed by atoms with van der Waals surface area (Å²) in [5, 5.41) is 9.93. The van der Waals surface area contributed by atoms with Gasteiger partial charge < -0.3 is 14.1 Å². The van der Waals surface area contributed by atoms with Crippen molar-refractivity contribution in [2.24, 2.45) is 0 Å². The van der Waals surface area contributed by atoms with Crippen LogP contribution >= 0.6 is 11.3 Å². The molecule has 0 radical (unpaired) electrons. The fraction of sp³-hybridized carbons (Fsp3) is 0.316. The normalized spacial score (nSPS) is 12.0. The number of hydrogen-bond acceptors (Lipinski definition) is 7. The molecule has 0 aliphatic rings. The SMILES string of the molecule is CCN(CC)c1ccc(C(=O)O[C@@H](C)c2nnc(-c3cccs3)o2)cc1. The van der Waals surface area contributed by atoms with Crippen LogP contribution in [0.5, 0.6) is 0 Å². The van der Waals surface area contributed by atoms with E-state index in [1.54, 1.807) is 19.1 Å². The molecule has 1 atom stereocenters. The lowest BCUT2D eigenvalue weighted by Gasteiger charge is -2.21. The third-order valence-corrected chi connectivity index (χ3v) is 4.89. The van der Waals surface area contributed by atoms with E-state index in [0.717, 1.165) is 23.7 Å². The van der Waals surface area contributed by atoms with Crippen molar-refractivity contribution < 1.29 is 13.9 Å². The van der Waals surface area contributed by atoms with Crippen LogP contribution in [0.15, 0.2) is 46.2 Å². The molecule has 0 aliphatic heterocycles. The molecule has 0 saturated heterocycles. The Labute approximate surface area is 156 Å². The van der Waals surface area contributed by atoms with Crippen molar-refractivity contribution in [3.63, 3.8) is 0 Å². The van der Waals surface area contributed by atoms with E-state index in [1.165, 1.54) is 11.3 Å². The summed E-state index contributed by atoms with van der Waals surface area (Å²) >= 11 is 1.51. The first-order valence-corrected chi connectivity index (χ1v) is 9.43. The van der Waals surface area contributed by atoms with Gasteiger partial charge in [-0.05, 0) is 56.5 Å². The van der Waals surface area contributed by atoms with Gasteiger partial charge in [-0.15, -0.1) is 21.5 Å². The number of ether oxygens (including phenoxy) is 1. The second-order valence-electron chi connectivity index (χ2n) is 5.69. The summed E-state index contributed by atoms with van der Waals surface area (Å²) in [6.45, 7) is 7.75. The molecule has 136 valence electrons. The van der Waals surface area contributed by atoms with Crippen LogP contribution in [0.3, 0.4) is 0 Å². The maximum Gasteiger partial charge on any atom is 0.338 e. The Hall–Kier alpha value is -2.67. The molecule has 0 unspecified atom stereocenters. The average molecular weight is 371 g/mol. The summed E-state index contributed by atoms with van der Waals surface area (Å²) in [6.07, 6.45) is -0.619. The highest BCUT2D eigenvalue weighted by Crippen LogP contribution is 2.26. The maximum atomic E-state index is 12.4. The van der Waals surface area contributed by atoms with Crippen LogP contribution in [0.2, 0.25) is 0 Å². The molecule has 1 aromatic carbocycles. The van der Waals surface area contributed by atoms with Crippen LogP contribution in [0.25, 0.3) is 10.8 Å². The van der Waals surface area contributed by atoms with Crippen LogP contribution in [-0.4, -0.2) is 29.3 Å². The van der Waals surface area contributed by atoms with E-state index >= 15 is 0 Å². The Kier molecular flexibility index (Phi) is 5.68. The minimum Gasteiger partial charge on any atom is -0.449 e. The first-order valence-electron chi connectivity index (χ1n) is 8.55. The second kappa shape index (κ2) is 8.14. The number of carbonyl (C=O) groups is 1. The van der Waals surface area contributed by atoms with E-state index in [-0.39, 0.29) is 5.89 Å². The minimum atomic E-state index is -0.619. The highest BCUT2D eigenvalue weighted by atomic mass is 32.1. The molecule has 2 aromatic heterocycles. The monoisotopic (exact) mass is 371 g/mol. The van der Waals surface area contributed by atoms with Gasteiger partial charge in [0.25, 0.3) is 11.8 Å². The number of anilines is 1. The number of rotatable bonds is 7. The van der Waals surface area contributed by atoms with Gasteiger partial charge in [0.1, 0.15) is 0 Å². The Morgan fingerprint density at radius 2 is 1.92 bits per heavy atom.